The SMILES string of the molecule is CC(O)(CNC1CCC(N)CC1)C(F)(F)F. The molecule has 6 heteroatoms. The van der Waals surface area contributed by atoms with E-state index in [1.165, 1.54) is 0 Å². The summed E-state index contributed by atoms with van der Waals surface area (Å²) in [6.45, 7) is 0.324. The predicted molar refractivity (Wildman–Crippen MR) is 54.9 cm³/mol. The van der Waals surface area contributed by atoms with Crippen LogP contribution < -0.4 is 11.1 Å². The van der Waals surface area contributed by atoms with Gasteiger partial charge >= 0.3 is 6.18 Å². The molecule has 0 spiro atoms. The molecule has 1 aliphatic rings. The molecule has 0 aromatic rings. The summed E-state index contributed by atoms with van der Waals surface area (Å²) in [5, 5.41) is 12.0. The van der Waals surface area contributed by atoms with Gasteiger partial charge in [0.15, 0.2) is 5.60 Å². The minimum absolute atomic E-state index is 0.0358. The van der Waals surface area contributed by atoms with Crippen LogP contribution in [0.4, 0.5) is 13.2 Å². The van der Waals surface area contributed by atoms with Crippen LogP contribution in [0.5, 0.6) is 0 Å². The molecule has 1 rings (SSSR count). The van der Waals surface area contributed by atoms with Crippen molar-refractivity contribution in [2.45, 2.75) is 56.5 Å². The fourth-order valence-electron chi connectivity index (χ4n) is 1.77. The lowest BCUT2D eigenvalue weighted by molar-refractivity contribution is -0.250. The van der Waals surface area contributed by atoms with Gasteiger partial charge in [0.05, 0.1) is 0 Å². The molecule has 3 nitrogen and oxygen atoms in total. The average molecular weight is 240 g/mol. The molecule has 0 bridgehead atoms. The van der Waals surface area contributed by atoms with Crippen molar-refractivity contribution in [2.75, 3.05) is 6.54 Å². The molecule has 4 N–H and O–H groups in total. The van der Waals surface area contributed by atoms with E-state index in [1.54, 1.807) is 0 Å². The molecular weight excluding hydrogens is 221 g/mol. The third-order valence-electron chi connectivity index (χ3n) is 3.12. The number of hydrogen-bond donors (Lipinski definition) is 3. The quantitative estimate of drug-likeness (QED) is 0.693. The van der Waals surface area contributed by atoms with Crippen LogP contribution >= 0.6 is 0 Å². The number of rotatable bonds is 3. The van der Waals surface area contributed by atoms with Crippen molar-refractivity contribution in [3.05, 3.63) is 0 Å². The first-order valence-corrected chi connectivity index (χ1v) is 5.50. The smallest absolute Gasteiger partial charge is 0.380 e. The second-order valence-corrected chi connectivity index (χ2v) is 4.76. The van der Waals surface area contributed by atoms with Crippen LogP contribution in [-0.2, 0) is 0 Å². The van der Waals surface area contributed by atoms with Gasteiger partial charge in [-0.2, -0.15) is 13.2 Å². The molecule has 1 unspecified atom stereocenters. The lowest BCUT2D eigenvalue weighted by Gasteiger charge is -2.32. The first kappa shape index (κ1) is 13.7. The summed E-state index contributed by atoms with van der Waals surface area (Å²) >= 11 is 0. The van der Waals surface area contributed by atoms with Crippen molar-refractivity contribution in [3.8, 4) is 0 Å². The van der Waals surface area contributed by atoms with Crippen LogP contribution in [0, 0.1) is 0 Å². The van der Waals surface area contributed by atoms with Gasteiger partial charge in [0.2, 0.25) is 0 Å². The molecule has 0 radical (unpaired) electrons. The van der Waals surface area contributed by atoms with E-state index < -0.39 is 18.3 Å². The van der Waals surface area contributed by atoms with Crippen molar-refractivity contribution in [2.24, 2.45) is 5.73 Å². The van der Waals surface area contributed by atoms with Crippen molar-refractivity contribution < 1.29 is 18.3 Å². The van der Waals surface area contributed by atoms with Crippen LogP contribution in [0.1, 0.15) is 32.6 Å². The van der Waals surface area contributed by atoms with E-state index in [9.17, 15) is 18.3 Å². The minimum atomic E-state index is -4.59. The highest BCUT2D eigenvalue weighted by atomic mass is 19.4. The van der Waals surface area contributed by atoms with Gasteiger partial charge in [0.25, 0.3) is 0 Å². The molecule has 1 fully saturated rings. The summed E-state index contributed by atoms with van der Waals surface area (Å²) in [6.07, 6.45) is -1.40. The first-order chi connectivity index (χ1) is 7.22. The molecule has 1 saturated carbocycles. The maximum absolute atomic E-state index is 12.3. The summed E-state index contributed by atoms with van der Waals surface area (Å²) < 4.78 is 37.0. The topological polar surface area (TPSA) is 58.3 Å². The van der Waals surface area contributed by atoms with Crippen LogP contribution in [-0.4, -0.2) is 35.5 Å². The van der Waals surface area contributed by atoms with E-state index in [0.29, 0.717) is 0 Å². The van der Waals surface area contributed by atoms with Crippen LogP contribution in [0.25, 0.3) is 0 Å². The molecule has 0 heterocycles. The molecular formula is C10H19F3N2O. The fraction of sp³-hybridized carbons (Fsp3) is 1.00. The zero-order valence-electron chi connectivity index (χ0n) is 9.35. The number of alkyl halides is 3. The lowest BCUT2D eigenvalue weighted by Crippen LogP contribution is -2.52. The molecule has 0 saturated heterocycles. The second-order valence-electron chi connectivity index (χ2n) is 4.76. The minimum Gasteiger partial charge on any atom is -0.380 e. The fourth-order valence-corrected chi connectivity index (χ4v) is 1.77. The highest BCUT2D eigenvalue weighted by Gasteiger charge is 2.49. The molecule has 1 aliphatic carbocycles. The number of nitrogens with one attached hydrogen (secondary N) is 1. The van der Waals surface area contributed by atoms with Gasteiger partial charge in [-0.05, 0) is 32.6 Å². The largest absolute Gasteiger partial charge is 0.418 e. The molecule has 1 atom stereocenters. The Kier molecular flexibility index (Phi) is 4.20. The predicted octanol–water partition coefficient (Wildman–Crippen LogP) is 1.16. The highest BCUT2D eigenvalue weighted by molar-refractivity contribution is 4.87. The molecule has 16 heavy (non-hydrogen) atoms. The Balaban J connectivity index is 2.34. The van der Waals surface area contributed by atoms with E-state index in [4.69, 9.17) is 5.73 Å². The normalized spacial score (nSPS) is 31.1. The highest BCUT2D eigenvalue weighted by Crippen LogP contribution is 2.29. The van der Waals surface area contributed by atoms with Crippen LogP contribution in [0.2, 0.25) is 0 Å². The van der Waals surface area contributed by atoms with Gasteiger partial charge in [-0.3, -0.25) is 0 Å². The van der Waals surface area contributed by atoms with Crippen molar-refractivity contribution in [1.29, 1.82) is 0 Å². The first-order valence-electron chi connectivity index (χ1n) is 5.50. The third-order valence-corrected chi connectivity index (χ3v) is 3.12. The maximum atomic E-state index is 12.3. The summed E-state index contributed by atoms with van der Waals surface area (Å²) in [4.78, 5) is 0. The molecule has 0 aliphatic heterocycles. The summed E-state index contributed by atoms with van der Waals surface area (Å²) in [5.41, 5.74) is 3.03. The zero-order chi connectivity index (χ0) is 12.4. The van der Waals surface area contributed by atoms with Crippen LogP contribution in [0.3, 0.4) is 0 Å². The zero-order valence-corrected chi connectivity index (χ0v) is 9.35. The van der Waals surface area contributed by atoms with E-state index in [-0.39, 0.29) is 12.1 Å². The molecule has 96 valence electrons. The summed E-state index contributed by atoms with van der Waals surface area (Å²) in [6, 6.07) is 0.204. The van der Waals surface area contributed by atoms with Gasteiger partial charge in [0, 0.05) is 18.6 Å². The van der Waals surface area contributed by atoms with E-state index >= 15 is 0 Å². The lowest BCUT2D eigenvalue weighted by atomic mass is 9.91. The summed E-state index contributed by atoms with van der Waals surface area (Å²) in [7, 11) is 0. The monoisotopic (exact) mass is 240 g/mol. The third kappa shape index (κ3) is 3.61. The second kappa shape index (κ2) is 4.89. The number of hydrogen-bond acceptors (Lipinski definition) is 3. The Bertz CT molecular complexity index is 223. The average Bonchev–Trinajstić information content (AvgIpc) is 2.15. The molecule has 0 aromatic carbocycles. The number of halogens is 3. The van der Waals surface area contributed by atoms with Gasteiger partial charge in [-0.25, -0.2) is 0 Å². The van der Waals surface area contributed by atoms with Gasteiger partial charge in [0.1, 0.15) is 0 Å². The van der Waals surface area contributed by atoms with E-state index in [2.05, 4.69) is 5.32 Å². The summed E-state index contributed by atoms with van der Waals surface area (Å²) in [5.74, 6) is 0. The standard InChI is InChI=1S/C10H19F3N2O/c1-9(16,10(11,12)13)6-15-8-4-2-7(14)3-5-8/h7-8,15-16H,2-6,14H2,1H3. The number of aliphatic hydroxyl groups is 1. The molecule has 0 amide bonds. The number of nitrogens with two attached hydrogens (primary N) is 1. The van der Waals surface area contributed by atoms with Gasteiger partial charge < -0.3 is 16.2 Å². The van der Waals surface area contributed by atoms with Gasteiger partial charge in [-0.15, -0.1) is 0 Å². The van der Waals surface area contributed by atoms with E-state index in [1.807, 2.05) is 0 Å². The Morgan fingerprint density at radius 3 is 2.19 bits per heavy atom. The van der Waals surface area contributed by atoms with Crippen molar-refractivity contribution >= 4 is 0 Å². The Morgan fingerprint density at radius 1 is 1.25 bits per heavy atom. The van der Waals surface area contributed by atoms with Crippen molar-refractivity contribution in [3.63, 3.8) is 0 Å². The molecule has 0 aromatic heterocycles. The Hall–Kier alpha value is -0.330. The maximum Gasteiger partial charge on any atom is 0.418 e. The van der Waals surface area contributed by atoms with Gasteiger partial charge in [-0.1, -0.05) is 0 Å². The van der Waals surface area contributed by atoms with Crippen molar-refractivity contribution in [1.82, 2.24) is 5.32 Å². The van der Waals surface area contributed by atoms with Crippen LogP contribution in [0.15, 0.2) is 0 Å². The Labute approximate surface area is 93.2 Å². The van der Waals surface area contributed by atoms with E-state index in [0.717, 1.165) is 32.6 Å². The Morgan fingerprint density at radius 2 is 1.75 bits per heavy atom.